The monoisotopic (exact) mass is 396 g/mol. The highest BCUT2D eigenvalue weighted by atomic mass is 19.1. The lowest BCUT2D eigenvalue weighted by Crippen LogP contribution is -1.84. The average molecular weight is 396 g/mol. The molecule has 0 spiro atoms. The van der Waals surface area contributed by atoms with E-state index in [1.165, 1.54) is 12.1 Å². The highest BCUT2D eigenvalue weighted by Gasteiger charge is 2.16. The number of nitrogens with one attached hydrogen (secondary N) is 3. The van der Waals surface area contributed by atoms with E-state index in [0.29, 0.717) is 11.5 Å². The van der Waals surface area contributed by atoms with E-state index in [1.807, 2.05) is 6.07 Å². The van der Waals surface area contributed by atoms with Crippen molar-refractivity contribution in [1.29, 1.82) is 0 Å². The molecule has 6 aromatic rings. The molecule has 0 aliphatic carbocycles. The van der Waals surface area contributed by atoms with Crippen molar-refractivity contribution >= 4 is 21.9 Å². The van der Waals surface area contributed by atoms with Crippen molar-refractivity contribution in [3.8, 4) is 33.9 Å². The summed E-state index contributed by atoms with van der Waals surface area (Å²) in [7, 11) is 0. The lowest BCUT2D eigenvalue weighted by Gasteiger charge is -2.01. The van der Waals surface area contributed by atoms with E-state index in [9.17, 15) is 4.39 Å². The smallest absolute Gasteiger partial charge is 0.159 e. The number of aromatic amines is 3. The molecule has 9 heteroatoms. The Hall–Kier alpha value is -4.40. The Morgan fingerprint density at radius 3 is 2.63 bits per heavy atom. The number of nitrogens with zero attached hydrogens (tertiary/aromatic N) is 5. The van der Waals surface area contributed by atoms with Crippen LogP contribution in [0.15, 0.2) is 61.3 Å². The van der Waals surface area contributed by atoms with Gasteiger partial charge in [0.1, 0.15) is 11.5 Å². The molecular formula is C21H13FN8. The summed E-state index contributed by atoms with van der Waals surface area (Å²) in [5, 5.41) is 15.1. The maximum absolute atomic E-state index is 13.3. The molecule has 0 aliphatic heterocycles. The van der Waals surface area contributed by atoms with Crippen LogP contribution in [0.4, 0.5) is 4.39 Å². The molecule has 0 amide bonds. The first-order chi connectivity index (χ1) is 14.8. The first kappa shape index (κ1) is 16.5. The van der Waals surface area contributed by atoms with Gasteiger partial charge in [-0.2, -0.15) is 10.2 Å². The minimum atomic E-state index is -0.286. The molecule has 6 rings (SSSR count). The van der Waals surface area contributed by atoms with Crippen molar-refractivity contribution in [3.05, 3.63) is 67.1 Å². The molecular weight excluding hydrogens is 383 g/mol. The molecule has 0 saturated carbocycles. The molecule has 8 nitrogen and oxygen atoms in total. The largest absolute Gasteiger partial charge is 0.335 e. The Bertz CT molecular complexity index is 1500. The van der Waals surface area contributed by atoms with Gasteiger partial charge in [-0.1, -0.05) is 12.1 Å². The summed E-state index contributed by atoms with van der Waals surface area (Å²) in [6, 6.07) is 8.23. The molecule has 0 atom stereocenters. The number of halogens is 1. The van der Waals surface area contributed by atoms with Crippen LogP contribution in [0, 0.1) is 5.82 Å². The summed E-state index contributed by atoms with van der Waals surface area (Å²) < 4.78 is 13.3. The maximum atomic E-state index is 13.3. The Labute approximate surface area is 168 Å². The van der Waals surface area contributed by atoms with E-state index < -0.39 is 0 Å². The Morgan fingerprint density at radius 1 is 0.900 bits per heavy atom. The van der Waals surface area contributed by atoms with Gasteiger partial charge >= 0.3 is 0 Å². The molecule has 0 bridgehead atoms. The Morgan fingerprint density at radius 2 is 1.80 bits per heavy atom. The second-order valence-corrected chi connectivity index (χ2v) is 6.85. The first-order valence-electron chi connectivity index (χ1n) is 9.19. The summed E-state index contributed by atoms with van der Waals surface area (Å²) >= 11 is 0. The minimum Gasteiger partial charge on any atom is -0.335 e. The van der Waals surface area contributed by atoms with Gasteiger partial charge in [0.2, 0.25) is 0 Å². The first-order valence-corrected chi connectivity index (χ1v) is 9.19. The predicted octanol–water partition coefficient (Wildman–Crippen LogP) is 4.09. The molecule has 0 fully saturated rings. The number of hydrogen-bond donors (Lipinski definition) is 3. The van der Waals surface area contributed by atoms with E-state index in [-0.39, 0.29) is 5.82 Å². The van der Waals surface area contributed by atoms with Gasteiger partial charge in [0.15, 0.2) is 5.82 Å². The fourth-order valence-electron chi connectivity index (χ4n) is 3.53. The molecule has 5 heterocycles. The van der Waals surface area contributed by atoms with Crippen molar-refractivity contribution in [2.75, 3.05) is 0 Å². The van der Waals surface area contributed by atoms with Gasteiger partial charge in [-0.05, 0) is 23.8 Å². The lowest BCUT2D eigenvalue weighted by molar-refractivity contribution is 0.628. The zero-order valence-electron chi connectivity index (χ0n) is 15.4. The van der Waals surface area contributed by atoms with E-state index in [1.54, 1.807) is 43.1 Å². The standard InChI is InChI=1S/C21H13FN8/c22-13-3-1-11(2-4-13)15-8-23-9-18-19(15)28-21(27-18)20-14-5-16(12-6-25-26-7-12)24-10-17(14)29-30-20/h1-10H,(H,25,26)(H,27,28)(H,29,30). The van der Waals surface area contributed by atoms with Crippen LogP contribution in [0.1, 0.15) is 0 Å². The summed E-state index contributed by atoms with van der Waals surface area (Å²) in [5.74, 6) is 0.323. The molecule has 0 saturated heterocycles. The number of aromatic nitrogens is 8. The number of benzene rings is 1. The van der Waals surface area contributed by atoms with Crippen molar-refractivity contribution in [2.45, 2.75) is 0 Å². The van der Waals surface area contributed by atoms with Crippen LogP contribution in [0.2, 0.25) is 0 Å². The summed E-state index contributed by atoms with van der Waals surface area (Å²) in [6.45, 7) is 0. The summed E-state index contributed by atoms with van der Waals surface area (Å²) in [4.78, 5) is 16.8. The zero-order chi connectivity index (χ0) is 20.1. The molecule has 0 aliphatic rings. The van der Waals surface area contributed by atoms with Crippen molar-refractivity contribution < 1.29 is 4.39 Å². The number of imidazole rings is 1. The van der Waals surface area contributed by atoms with Gasteiger partial charge in [-0.3, -0.25) is 20.2 Å². The van der Waals surface area contributed by atoms with Gasteiger partial charge in [-0.25, -0.2) is 9.37 Å². The second kappa shape index (κ2) is 6.31. The number of H-pyrrole nitrogens is 3. The molecule has 0 radical (unpaired) electrons. The van der Waals surface area contributed by atoms with E-state index in [0.717, 1.165) is 44.3 Å². The number of pyridine rings is 2. The maximum Gasteiger partial charge on any atom is 0.159 e. The lowest BCUT2D eigenvalue weighted by atomic mass is 10.1. The summed E-state index contributed by atoms with van der Waals surface area (Å²) in [5.41, 5.74) is 6.31. The van der Waals surface area contributed by atoms with Gasteiger partial charge < -0.3 is 4.98 Å². The third-order valence-corrected chi connectivity index (χ3v) is 5.01. The molecule has 1 aromatic carbocycles. The van der Waals surface area contributed by atoms with E-state index in [4.69, 9.17) is 4.98 Å². The quantitative estimate of drug-likeness (QED) is 0.417. The van der Waals surface area contributed by atoms with Crippen LogP contribution < -0.4 is 0 Å². The third kappa shape index (κ3) is 2.56. The van der Waals surface area contributed by atoms with Crippen LogP contribution in [0.3, 0.4) is 0 Å². The number of rotatable bonds is 3. The third-order valence-electron chi connectivity index (χ3n) is 5.01. The predicted molar refractivity (Wildman–Crippen MR) is 110 cm³/mol. The summed E-state index contributed by atoms with van der Waals surface area (Å²) in [6.07, 6.45) is 8.68. The highest BCUT2D eigenvalue weighted by Crippen LogP contribution is 2.31. The minimum absolute atomic E-state index is 0.286. The Balaban J connectivity index is 1.52. The number of hydrogen-bond acceptors (Lipinski definition) is 5. The highest BCUT2D eigenvalue weighted by molar-refractivity contribution is 5.97. The fraction of sp³-hybridized carbons (Fsp3) is 0. The van der Waals surface area contributed by atoms with E-state index in [2.05, 4.69) is 35.3 Å². The van der Waals surface area contributed by atoms with Gasteiger partial charge in [0, 0.05) is 28.9 Å². The molecule has 144 valence electrons. The van der Waals surface area contributed by atoms with Crippen molar-refractivity contribution in [2.24, 2.45) is 0 Å². The van der Waals surface area contributed by atoms with Crippen LogP contribution in [-0.4, -0.2) is 40.3 Å². The molecule has 3 N–H and O–H groups in total. The molecule has 5 aromatic heterocycles. The fourth-order valence-corrected chi connectivity index (χ4v) is 3.53. The van der Waals surface area contributed by atoms with Crippen molar-refractivity contribution in [3.63, 3.8) is 0 Å². The van der Waals surface area contributed by atoms with E-state index >= 15 is 0 Å². The normalized spacial score (nSPS) is 11.5. The van der Waals surface area contributed by atoms with Gasteiger partial charge in [0.05, 0.1) is 40.8 Å². The topological polar surface area (TPSA) is 112 Å². The van der Waals surface area contributed by atoms with Crippen LogP contribution >= 0.6 is 0 Å². The number of fused-ring (bicyclic) bond motifs is 2. The van der Waals surface area contributed by atoms with Crippen LogP contribution in [-0.2, 0) is 0 Å². The molecule has 0 unspecified atom stereocenters. The molecule has 30 heavy (non-hydrogen) atoms. The second-order valence-electron chi connectivity index (χ2n) is 6.85. The van der Waals surface area contributed by atoms with Crippen LogP contribution in [0.5, 0.6) is 0 Å². The Kier molecular flexibility index (Phi) is 3.48. The van der Waals surface area contributed by atoms with Crippen molar-refractivity contribution in [1.82, 2.24) is 40.3 Å². The van der Waals surface area contributed by atoms with Gasteiger partial charge in [0.25, 0.3) is 0 Å². The zero-order valence-corrected chi connectivity index (χ0v) is 15.4. The van der Waals surface area contributed by atoms with Crippen LogP contribution in [0.25, 0.3) is 55.8 Å². The SMILES string of the molecule is Fc1ccc(-c2cncc3[nH]c(-c4n[nH]c5cnc(-c6cn[nH]c6)cc45)nc23)cc1. The van der Waals surface area contributed by atoms with Gasteiger partial charge in [-0.15, -0.1) is 0 Å². The average Bonchev–Trinajstić information content (AvgIpc) is 3.52.